The molecule has 0 spiro atoms. The van der Waals surface area contributed by atoms with E-state index < -0.39 is 5.60 Å². The molecule has 1 fully saturated rings. The van der Waals surface area contributed by atoms with Crippen LogP contribution >= 0.6 is 0 Å². The molecule has 4 nitrogen and oxygen atoms in total. The van der Waals surface area contributed by atoms with Crippen LogP contribution in [0, 0.1) is 0 Å². The van der Waals surface area contributed by atoms with Gasteiger partial charge in [0.25, 0.3) is 0 Å². The Bertz CT molecular complexity index is 245. The first-order valence-electron chi connectivity index (χ1n) is 5.36. The van der Waals surface area contributed by atoms with E-state index in [1.165, 1.54) is 0 Å². The van der Waals surface area contributed by atoms with E-state index in [1.54, 1.807) is 4.90 Å². The van der Waals surface area contributed by atoms with Crippen molar-refractivity contribution in [3.05, 3.63) is 0 Å². The maximum atomic E-state index is 11.7. The van der Waals surface area contributed by atoms with Crippen molar-refractivity contribution >= 4 is 12.8 Å². The van der Waals surface area contributed by atoms with E-state index in [0.717, 1.165) is 19.4 Å². The number of likely N-dealkylation sites (tertiary alicyclic amines) is 1. The molecule has 0 aromatic heterocycles. The molecule has 1 saturated heterocycles. The van der Waals surface area contributed by atoms with Gasteiger partial charge in [-0.05, 0) is 40.3 Å². The maximum absolute atomic E-state index is 11.7. The molecule has 0 radical (unpaired) electrons. The molecule has 1 atom stereocenters. The van der Waals surface area contributed by atoms with Crippen molar-refractivity contribution in [1.82, 2.24) is 4.90 Å². The largest absolute Gasteiger partial charge is 0.444 e. The molecule has 1 heterocycles. The monoisotopic (exact) mass is 212 g/mol. The van der Waals surface area contributed by atoms with Crippen molar-refractivity contribution in [2.24, 2.45) is 4.99 Å². The van der Waals surface area contributed by atoms with Gasteiger partial charge in [0.1, 0.15) is 5.60 Å². The Morgan fingerprint density at radius 2 is 2.20 bits per heavy atom. The highest BCUT2D eigenvalue weighted by Crippen LogP contribution is 2.16. The van der Waals surface area contributed by atoms with Crippen molar-refractivity contribution < 1.29 is 9.53 Å². The standard InChI is InChI=1S/C11H20N2O2/c1-11(2,3)15-10(14)13-7-5-6-9(8-13)12-4/h9H,4-8H2,1-3H3/t9-/m1/s1. The Hall–Kier alpha value is -1.06. The third-order valence-corrected chi connectivity index (χ3v) is 2.31. The van der Waals surface area contributed by atoms with Crippen molar-refractivity contribution in [3.63, 3.8) is 0 Å². The van der Waals surface area contributed by atoms with E-state index in [4.69, 9.17) is 4.74 Å². The topological polar surface area (TPSA) is 41.9 Å². The molecule has 1 rings (SSSR count). The van der Waals surface area contributed by atoms with Crippen LogP contribution in [0.15, 0.2) is 4.99 Å². The minimum absolute atomic E-state index is 0.172. The highest BCUT2D eigenvalue weighted by Gasteiger charge is 2.26. The number of carbonyl (C=O) groups excluding carboxylic acids is 1. The lowest BCUT2D eigenvalue weighted by Gasteiger charge is -2.32. The van der Waals surface area contributed by atoms with E-state index in [9.17, 15) is 4.79 Å². The summed E-state index contributed by atoms with van der Waals surface area (Å²) < 4.78 is 5.29. The number of amides is 1. The first kappa shape index (κ1) is 12.0. The van der Waals surface area contributed by atoms with Gasteiger partial charge in [-0.25, -0.2) is 4.79 Å². The van der Waals surface area contributed by atoms with Crippen molar-refractivity contribution in [3.8, 4) is 0 Å². The molecule has 0 unspecified atom stereocenters. The van der Waals surface area contributed by atoms with Crippen LogP contribution in [-0.4, -0.2) is 42.4 Å². The van der Waals surface area contributed by atoms with Crippen molar-refractivity contribution in [1.29, 1.82) is 0 Å². The molecule has 1 aliphatic rings. The molecule has 15 heavy (non-hydrogen) atoms. The fourth-order valence-electron chi connectivity index (χ4n) is 1.60. The van der Waals surface area contributed by atoms with E-state index in [0.29, 0.717) is 6.54 Å². The minimum Gasteiger partial charge on any atom is -0.444 e. The molecular weight excluding hydrogens is 192 g/mol. The zero-order valence-corrected chi connectivity index (χ0v) is 9.82. The molecule has 0 bridgehead atoms. The van der Waals surface area contributed by atoms with Crippen LogP contribution in [0.2, 0.25) is 0 Å². The zero-order chi connectivity index (χ0) is 11.5. The zero-order valence-electron chi connectivity index (χ0n) is 9.82. The first-order valence-corrected chi connectivity index (χ1v) is 5.36. The third-order valence-electron chi connectivity index (χ3n) is 2.31. The Kier molecular flexibility index (Phi) is 3.72. The van der Waals surface area contributed by atoms with Crippen LogP contribution in [0.5, 0.6) is 0 Å². The van der Waals surface area contributed by atoms with Crippen molar-refractivity contribution in [2.45, 2.75) is 45.3 Å². The summed E-state index contributed by atoms with van der Waals surface area (Å²) in [5, 5.41) is 0. The quantitative estimate of drug-likeness (QED) is 0.624. The van der Waals surface area contributed by atoms with Gasteiger partial charge in [0, 0.05) is 13.1 Å². The van der Waals surface area contributed by atoms with Crippen molar-refractivity contribution in [2.75, 3.05) is 13.1 Å². The van der Waals surface area contributed by atoms with Gasteiger partial charge < -0.3 is 9.64 Å². The van der Waals surface area contributed by atoms with Crippen LogP contribution in [0.25, 0.3) is 0 Å². The van der Waals surface area contributed by atoms with Crippen LogP contribution in [0.3, 0.4) is 0 Å². The van der Waals surface area contributed by atoms with Crippen LogP contribution < -0.4 is 0 Å². The van der Waals surface area contributed by atoms with Gasteiger partial charge in [0.05, 0.1) is 6.04 Å². The number of hydrogen-bond acceptors (Lipinski definition) is 3. The van der Waals surface area contributed by atoms with Gasteiger partial charge in [-0.15, -0.1) is 0 Å². The molecule has 0 aromatic carbocycles. The SMILES string of the molecule is C=N[C@@H]1CCCN(C(=O)OC(C)(C)C)C1. The second-order valence-electron chi connectivity index (χ2n) is 4.90. The average molecular weight is 212 g/mol. The van der Waals surface area contributed by atoms with Gasteiger partial charge in [-0.3, -0.25) is 4.99 Å². The molecule has 0 aliphatic carbocycles. The summed E-state index contributed by atoms with van der Waals surface area (Å²) in [6, 6.07) is 0.172. The summed E-state index contributed by atoms with van der Waals surface area (Å²) >= 11 is 0. The Labute approximate surface area is 91.3 Å². The third kappa shape index (κ3) is 3.90. The number of hydrogen-bond donors (Lipinski definition) is 0. The predicted molar refractivity (Wildman–Crippen MR) is 60.4 cm³/mol. The predicted octanol–water partition coefficient (Wildman–Crippen LogP) is 2.09. The summed E-state index contributed by atoms with van der Waals surface area (Å²) in [4.78, 5) is 17.4. The van der Waals surface area contributed by atoms with Gasteiger partial charge in [0.15, 0.2) is 0 Å². The minimum atomic E-state index is -0.425. The van der Waals surface area contributed by atoms with E-state index >= 15 is 0 Å². The highest BCUT2D eigenvalue weighted by molar-refractivity contribution is 5.68. The molecule has 1 amide bonds. The number of rotatable bonds is 1. The molecule has 4 heteroatoms. The number of aliphatic imine (C=N–C) groups is 1. The smallest absolute Gasteiger partial charge is 0.410 e. The fourth-order valence-corrected chi connectivity index (χ4v) is 1.60. The van der Waals surface area contributed by atoms with E-state index in [2.05, 4.69) is 11.7 Å². The van der Waals surface area contributed by atoms with Gasteiger partial charge in [-0.2, -0.15) is 0 Å². The second-order valence-corrected chi connectivity index (χ2v) is 4.90. The lowest BCUT2D eigenvalue weighted by molar-refractivity contribution is 0.0201. The summed E-state index contributed by atoms with van der Waals surface area (Å²) in [6.45, 7) is 10.5. The molecule has 0 saturated carbocycles. The van der Waals surface area contributed by atoms with Gasteiger partial charge >= 0.3 is 6.09 Å². The van der Waals surface area contributed by atoms with Gasteiger partial charge in [-0.1, -0.05) is 0 Å². The van der Waals surface area contributed by atoms with Crippen LogP contribution in [0.1, 0.15) is 33.6 Å². The number of carbonyl (C=O) groups is 1. The summed E-state index contributed by atoms with van der Waals surface area (Å²) in [6.07, 6.45) is 1.75. The summed E-state index contributed by atoms with van der Waals surface area (Å²) in [5.74, 6) is 0. The number of nitrogens with zero attached hydrogens (tertiary/aromatic N) is 2. The fraction of sp³-hybridized carbons (Fsp3) is 0.818. The Morgan fingerprint density at radius 1 is 1.53 bits per heavy atom. The second kappa shape index (κ2) is 4.64. The average Bonchev–Trinajstić information content (AvgIpc) is 2.15. The molecule has 0 aromatic rings. The number of piperidine rings is 1. The number of ether oxygens (including phenoxy) is 1. The maximum Gasteiger partial charge on any atom is 0.410 e. The van der Waals surface area contributed by atoms with E-state index in [1.807, 2.05) is 20.8 Å². The first-order chi connectivity index (χ1) is 6.92. The normalized spacial score (nSPS) is 22.3. The Morgan fingerprint density at radius 3 is 2.73 bits per heavy atom. The van der Waals surface area contributed by atoms with Crippen LogP contribution in [-0.2, 0) is 4.74 Å². The highest BCUT2D eigenvalue weighted by atomic mass is 16.6. The summed E-state index contributed by atoms with van der Waals surface area (Å²) in [7, 11) is 0. The molecular formula is C11H20N2O2. The lowest BCUT2D eigenvalue weighted by atomic mass is 10.1. The molecule has 1 aliphatic heterocycles. The lowest BCUT2D eigenvalue weighted by Crippen LogP contribution is -2.44. The molecule has 0 N–H and O–H groups in total. The van der Waals surface area contributed by atoms with Gasteiger partial charge in [0.2, 0.25) is 0 Å². The van der Waals surface area contributed by atoms with Crippen LogP contribution in [0.4, 0.5) is 4.79 Å². The summed E-state index contributed by atoms with van der Waals surface area (Å²) in [5.41, 5.74) is -0.425. The Balaban J connectivity index is 2.49. The van der Waals surface area contributed by atoms with E-state index in [-0.39, 0.29) is 12.1 Å². The molecule has 86 valence electrons.